The third-order valence-corrected chi connectivity index (χ3v) is 5.24. The lowest BCUT2D eigenvalue weighted by molar-refractivity contribution is -0.139. The van der Waals surface area contributed by atoms with Gasteiger partial charge in [-0.15, -0.1) is 0 Å². The summed E-state index contributed by atoms with van der Waals surface area (Å²) in [5, 5.41) is 10.7. The van der Waals surface area contributed by atoms with Crippen LogP contribution in [0, 0.1) is 12.8 Å². The zero-order valence-electron chi connectivity index (χ0n) is 14.5. The van der Waals surface area contributed by atoms with E-state index in [4.69, 9.17) is 4.74 Å². The molecular formula is C19H25F2NO3. The summed E-state index contributed by atoms with van der Waals surface area (Å²) in [6.07, 6.45) is 0.435. The maximum atomic E-state index is 13.2. The number of aliphatic hydroxyl groups is 1. The van der Waals surface area contributed by atoms with E-state index >= 15 is 0 Å². The maximum absolute atomic E-state index is 13.2. The second-order valence-corrected chi connectivity index (χ2v) is 7.47. The van der Waals surface area contributed by atoms with Crippen LogP contribution in [-0.2, 0) is 4.79 Å². The van der Waals surface area contributed by atoms with Crippen LogP contribution < -0.4 is 4.74 Å². The van der Waals surface area contributed by atoms with E-state index in [1.165, 1.54) is 0 Å². The summed E-state index contributed by atoms with van der Waals surface area (Å²) >= 11 is 0. The van der Waals surface area contributed by atoms with E-state index in [0.717, 1.165) is 5.56 Å². The normalized spacial score (nSPS) is 26.6. The topological polar surface area (TPSA) is 49.8 Å². The van der Waals surface area contributed by atoms with Gasteiger partial charge in [0.2, 0.25) is 11.8 Å². The molecule has 6 heteroatoms. The van der Waals surface area contributed by atoms with E-state index in [-0.39, 0.29) is 50.7 Å². The average molecular weight is 353 g/mol. The lowest BCUT2D eigenvalue weighted by Gasteiger charge is -2.31. The van der Waals surface area contributed by atoms with Crippen molar-refractivity contribution < 1.29 is 23.4 Å². The van der Waals surface area contributed by atoms with Crippen molar-refractivity contribution in [3.05, 3.63) is 29.8 Å². The second-order valence-electron chi connectivity index (χ2n) is 7.47. The summed E-state index contributed by atoms with van der Waals surface area (Å²) in [7, 11) is 0. The third-order valence-electron chi connectivity index (χ3n) is 5.24. The molecule has 1 atom stereocenters. The highest BCUT2D eigenvalue weighted by Gasteiger charge is 2.43. The molecule has 0 bridgehead atoms. The second kappa shape index (κ2) is 6.90. The number of ether oxygens (including phenoxy) is 1. The van der Waals surface area contributed by atoms with E-state index in [2.05, 4.69) is 0 Å². The molecule has 4 nitrogen and oxygen atoms in total. The van der Waals surface area contributed by atoms with E-state index in [9.17, 15) is 18.7 Å². The van der Waals surface area contributed by atoms with Crippen molar-refractivity contribution in [3.63, 3.8) is 0 Å². The Kier molecular flexibility index (Phi) is 5.00. The first-order valence-electron chi connectivity index (χ1n) is 8.85. The predicted octanol–water partition coefficient (Wildman–Crippen LogP) is 3.16. The number of carbonyl (C=O) groups excluding carboxylic acids is 1. The first-order valence-corrected chi connectivity index (χ1v) is 8.85. The van der Waals surface area contributed by atoms with Gasteiger partial charge in [0.25, 0.3) is 0 Å². The molecule has 1 N–H and O–H groups in total. The van der Waals surface area contributed by atoms with E-state index in [1.807, 2.05) is 31.2 Å². The molecule has 2 fully saturated rings. The van der Waals surface area contributed by atoms with Crippen LogP contribution in [0.3, 0.4) is 0 Å². The fourth-order valence-corrected chi connectivity index (χ4v) is 3.56. The molecule has 1 heterocycles. The van der Waals surface area contributed by atoms with Crippen LogP contribution in [0.1, 0.15) is 37.7 Å². The highest BCUT2D eigenvalue weighted by atomic mass is 19.3. The van der Waals surface area contributed by atoms with Crippen LogP contribution in [0.5, 0.6) is 5.75 Å². The molecular weight excluding hydrogens is 328 g/mol. The number of β-amino-alcohol motifs (C(OH)–C–C–N with tert-alkyl or cyclic N) is 1. The van der Waals surface area contributed by atoms with Crippen LogP contribution in [0.4, 0.5) is 8.78 Å². The van der Waals surface area contributed by atoms with Crippen LogP contribution in [0.25, 0.3) is 0 Å². The fraction of sp³-hybridized carbons (Fsp3) is 0.632. The van der Waals surface area contributed by atoms with Gasteiger partial charge in [-0.1, -0.05) is 17.7 Å². The monoisotopic (exact) mass is 353 g/mol. The molecule has 1 aliphatic heterocycles. The Balaban J connectivity index is 1.51. The Labute approximate surface area is 146 Å². The van der Waals surface area contributed by atoms with Gasteiger partial charge in [0.15, 0.2) is 0 Å². The molecule has 1 saturated heterocycles. The summed E-state index contributed by atoms with van der Waals surface area (Å²) < 4.78 is 32.2. The van der Waals surface area contributed by atoms with Crippen molar-refractivity contribution >= 4 is 5.91 Å². The Morgan fingerprint density at radius 2 is 1.88 bits per heavy atom. The molecule has 2 aliphatic rings. The van der Waals surface area contributed by atoms with Crippen LogP contribution in [0.2, 0.25) is 0 Å². The number of hydrogen-bond acceptors (Lipinski definition) is 3. The van der Waals surface area contributed by atoms with Crippen molar-refractivity contribution in [3.8, 4) is 5.75 Å². The standard InChI is InChI=1S/C19H25F2NO3/c1-14-2-4-16(5-3-14)25-13-18(24)10-11-22(12-18)17(23)15-6-8-19(20,21)9-7-15/h2-5,15,24H,6-13H2,1H3. The van der Waals surface area contributed by atoms with Crippen molar-refractivity contribution in [1.82, 2.24) is 4.90 Å². The van der Waals surface area contributed by atoms with Gasteiger partial charge in [-0.2, -0.15) is 0 Å². The number of likely N-dealkylation sites (tertiary alicyclic amines) is 1. The van der Waals surface area contributed by atoms with Gasteiger partial charge in [0.05, 0.1) is 6.54 Å². The average Bonchev–Trinajstić information content (AvgIpc) is 2.97. The number of alkyl halides is 2. The van der Waals surface area contributed by atoms with Gasteiger partial charge in [-0.3, -0.25) is 4.79 Å². The number of amides is 1. The quantitative estimate of drug-likeness (QED) is 0.905. The number of halogens is 2. The number of nitrogens with zero attached hydrogens (tertiary/aromatic N) is 1. The Bertz CT molecular complexity index is 610. The molecule has 1 aromatic rings. The van der Waals surface area contributed by atoms with Gasteiger partial charge < -0.3 is 14.7 Å². The van der Waals surface area contributed by atoms with Crippen molar-refractivity contribution in [2.75, 3.05) is 19.7 Å². The minimum atomic E-state index is -2.63. The molecule has 0 radical (unpaired) electrons. The van der Waals surface area contributed by atoms with Gasteiger partial charge in [-0.25, -0.2) is 8.78 Å². The highest BCUT2D eigenvalue weighted by Crippen LogP contribution is 2.37. The zero-order chi connectivity index (χ0) is 18.1. The molecule has 1 saturated carbocycles. The van der Waals surface area contributed by atoms with Crippen LogP contribution in [-0.4, -0.2) is 47.1 Å². The lowest BCUT2D eigenvalue weighted by Crippen LogP contribution is -2.43. The molecule has 1 aromatic carbocycles. The minimum Gasteiger partial charge on any atom is -0.491 e. The molecule has 25 heavy (non-hydrogen) atoms. The first kappa shape index (κ1) is 18.1. The van der Waals surface area contributed by atoms with Gasteiger partial charge >= 0.3 is 0 Å². The van der Waals surface area contributed by atoms with E-state index in [1.54, 1.807) is 4.90 Å². The molecule has 1 unspecified atom stereocenters. The number of hydrogen-bond donors (Lipinski definition) is 1. The molecule has 0 aromatic heterocycles. The summed E-state index contributed by atoms with van der Waals surface area (Å²) in [6, 6.07) is 7.56. The smallest absolute Gasteiger partial charge is 0.248 e. The summed E-state index contributed by atoms with van der Waals surface area (Å²) in [5.74, 6) is -2.41. The van der Waals surface area contributed by atoms with Crippen molar-refractivity contribution in [2.24, 2.45) is 5.92 Å². The first-order chi connectivity index (χ1) is 11.8. The highest BCUT2D eigenvalue weighted by molar-refractivity contribution is 5.79. The number of aryl methyl sites for hydroxylation is 1. The Hall–Kier alpha value is -1.69. The largest absolute Gasteiger partial charge is 0.491 e. The van der Waals surface area contributed by atoms with Gasteiger partial charge in [-0.05, 0) is 38.3 Å². The predicted molar refractivity (Wildman–Crippen MR) is 89.7 cm³/mol. The molecule has 1 aliphatic carbocycles. The molecule has 1 amide bonds. The molecule has 138 valence electrons. The minimum absolute atomic E-state index is 0.109. The van der Waals surface area contributed by atoms with Crippen LogP contribution >= 0.6 is 0 Å². The zero-order valence-corrected chi connectivity index (χ0v) is 14.5. The van der Waals surface area contributed by atoms with Crippen molar-refractivity contribution in [2.45, 2.75) is 50.6 Å². The maximum Gasteiger partial charge on any atom is 0.248 e. The fourth-order valence-electron chi connectivity index (χ4n) is 3.56. The van der Waals surface area contributed by atoms with Gasteiger partial charge in [0, 0.05) is 25.3 Å². The van der Waals surface area contributed by atoms with E-state index in [0.29, 0.717) is 18.7 Å². The summed E-state index contributed by atoms with van der Waals surface area (Å²) in [6.45, 7) is 2.74. The Morgan fingerprint density at radius 3 is 2.52 bits per heavy atom. The summed E-state index contributed by atoms with van der Waals surface area (Å²) in [4.78, 5) is 14.1. The van der Waals surface area contributed by atoms with Crippen molar-refractivity contribution in [1.29, 1.82) is 0 Å². The number of benzene rings is 1. The Morgan fingerprint density at radius 1 is 1.24 bits per heavy atom. The SMILES string of the molecule is Cc1ccc(OCC2(O)CCN(C(=O)C3CCC(F)(F)CC3)C2)cc1. The summed E-state index contributed by atoms with van der Waals surface area (Å²) in [5.41, 5.74) is 0.0425. The molecule has 0 spiro atoms. The number of rotatable bonds is 4. The lowest BCUT2D eigenvalue weighted by atomic mass is 9.86. The number of carbonyl (C=O) groups is 1. The van der Waals surface area contributed by atoms with Crippen LogP contribution in [0.15, 0.2) is 24.3 Å². The van der Waals surface area contributed by atoms with E-state index < -0.39 is 11.5 Å². The molecule has 3 rings (SSSR count). The third kappa shape index (κ3) is 4.48. The van der Waals surface area contributed by atoms with Gasteiger partial charge in [0.1, 0.15) is 18.0 Å².